The van der Waals surface area contributed by atoms with Gasteiger partial charge in [-0.05, 0) is 28.1 Å². The Morgan fingerprint density at radius 2 is 2.07 bits per heavy atom. The second-order valence-corrected chi connectivity index (χ2v) is 3.52. The minimum absolute atomic E-state index is 0.0651. The van der Waals surface area contributed by atoms with E-state index in [1.54, 1.807) is 0 Å². The summed E-state index contributed by atoms with van der Waals surface area (Å²) in [6, 6.07) is 2.26. The van der Waals surface area contributed by atoms with Crippen molar-refractivity contribution in [3.05, 3.63) is 22.2 Å². The Kier molecular flexibility index (Phi) is 2.07. The minimum Gasteiger partial charge on any atom is -0.478 e. The predicted octanol–water partition coefficient (Wildman–Crippen LogP) is 2.47. The fourth-order valence-electron chi connectivity index (χ4n) is 1.15. The summed E-state index contributed by atoms with van der Waals surface area (Å²) in [6.45, 7) is 0. The SMILES string of the molecule is O=C(O)c1ccc2c(c1Br)OC(F)(F)O2. The third-order valence-corrected chi connectivity index (χ3v) is 2.53. The molecule has 1 N–H and O–H groups in total. The average molecular weight is 281 g/mol. The van der Waals surface area contributed by atoms with Gasteiger partial charge in [-0.15, -0.1) is 8.78 Å². The van der Waals surface area contributed by atoms with Gasteiger partial charge in [0.05, 0.1) is 10.0 Å². The van der Waals surface area contributed by atoms with Crippen molar-refractivity contribution < 1.29 is 28.2 Å². The monoisotopic (exact) mass is 280 g/mol. The van der Waals surface area contributed by atoms with Crippen LogP contribution >= 0.6 is 15.9 Å². The lowest BCUT2D eigenvalue weighted by molar-refractivity contribution is -0.286. The number of ether oxygens (including phenoxy) is 2. The lowest BCUT2D eigenvalue weighted by Gasteiger charge is -2.05. The van der Waals surface area contributed by atoms with E-state index < -0.39 is 12.3 Å². The third kappa shape index (κ3) is 1.63. The number of benzene rings is 1. The number of hydrogen-bond acceptors (Lipinski definition) is 3. The normalized spacial score (nSPS) is 16.5. The molecule has 1 heterocycles. The second kappa shape index (κ2) is 3.06. The Morgan fingerprint density at radius 3 is 2.67 bits per heavy atom. The van der Waals surface area contributed by atoms with Gasteiger partial charge in [0.25, 0.3) is 0 Å². The molecule has 0 bridgehead atoms. The van der Waals surface area contributed by atoms with Gasteiger partial charge in [0, 0.05) is 0 Å². The molecule has 80 valence electrons. The highest BCUT2D eigenvalue weighted by atomic mass is 79.9. The molecule has 0 aliphatic carbocycles. The van der Waals surface area contributed by atoms with Crippen molar-refractivity contribution >= 4 is 21.9 Å². The number of alkyl halides is 2. The van der Waals surface area contributed by atoms with Crippen molar-refractivity contribution in [3.8, 4) is 11.5 Å². The van der Waals surface area contributed by atoms with Gasteiger partial charge in [0.15, 0.2) is 11.5 Å². The molecular formula is C8H3BrF2O4. The highest BCUT2D eigenvalue weighted by Gasteiger charge is 2.45. The van der Waals surface area contributed by atoms with Crippen LogP contribution in [0.3, 0.4) is 0 Å². The van der Waals surface area contributed by atoms with E-state index in [9.17, 15) is 13.6 Å². The molecule has 1 aliphatic heterocycles. The highest BCUT2D eigenvalue weighted by molar-refractivity contribution is 9.10. The Bertz CT molecular complexity index is 447. The van der Waals surface area contributed by atoms with E-state index in [4.69, 9.17) is 5.11 Å². The summed E-state index contributed by atoms with van der Waals surface area (Å²) in [7, 11) is 0. The third-order valence-electron chi connectivity index (χ3n) is 1.74. The molecule has 1 aliphatic rings. The number of rotatable bonds is 1. The summed E-state index contributed by atoms with van der Waals surface area (Å²) in [4.78, 5) is 10.7. The summed E-state index contributed by atoms with van der Waals surface area (Å²) >= 11 is 2.87. The largest absolute Gasteiger partial charge is 0.586 e. The number of carboxylic acid groups (broad SMARTS) is 1. The summed E-state index contributed by atoms with van der Waals surface area (Å²) in [5, 5.41) is 8.71. The summed E-state index contributed by atoms with van der Waals surface area (Å²) in [5.41, 5.74) is -0.171. The molecule has 0 aromatic heterocycles. The first-order valence-electron chi connectivity index (χ1n) is 3.72. The Labute approximate surface area is 90.5 Å². The standard InChI is InChI=1S/C8H3BrF2O4/c9-5-3(7(12)13)1-2-4-6(5)15-8(10,11)14-4/h1-2H,(H,12,13). The van der Waals surface area contributed by atoms with Crippen LogP contribution in [0.2, 0.25) is 0 Å². The maximum atomic E-state index is 12.6. The van der Waals surface area contributed by atoms with Gasteiger partial charge in [0.2, 0.25) is 0 Å². The lowest BCUT2D eigenvalue weighted by atomic mass is 10.2. The van der Waals surface area contributed by atoms with Crippen molar-refractivity contribution in [2.75, 3.05) is 0 Å². The Morgan fingerprint density at radius 1 is 1.40 bits per heavy atom. The molecule has 0 atom stereocenters. The molecule has 1 aromatic carbocycles. The van der Waals surface area contributed by atoms with Crippen LogP contribution in [0, 0.1) is 0 Å². The van der Waals surface area contributed by atoms with E-state index in [0.29, 0.717) is 0 Å². The summed E-state index contributed by atoms with van der Waals surface area (Å²) in [6.07, 6.45) is -3.75. The van der Waals surface area contributed by atoms with Crippen molar-refractivity contribution in [1.29, 1.82) is 0 Å². The molecule has 1 aromatic rings. The summed E-state index contributed by atoms with van der Waals surface area (Å²) in [5.74, 6) is -1.75. The van der Waals surface area contributed by atoms with E-state index in [1.807, 2.05) is 0 Å². The molecule has 0 saturated carbocycles. The first kappa shape index (κ1) is 10.2. The number of hydrogen-bond donors (Lipinski definition) is 1. The topological polar surface area (TPSA) is 55.8 Å². The van der Waals surface area contributed by atoms with Crippen molar-refractivity contribution in [2.45, 2.75) is 6.29 Å². The van der Waals surface area contributed by atoms with Gasteiger partial charge in [-0.2, -0.15) is 0 Å². The summed E-state index contributed by atoms with van der Waals surface area (Å²) < 4.78 is 33.5. The number of fused-ring (bicyclic) bond motifs is 1. The highest BCUT2D eigenvalue weighted by Crippen LogP contribution is 2.46. The van der Waals surface area contributed by atoms with Gasteiger partial charge < -0.3 is 14.6 Å². The van der Waals surface area contributed by atoms with Crippen LogP contribution in [0.1, 0.15) is 10.4 Å². The second-order valence-electron chi connectivity index (χ2n) is 2.73. The van der Waals surface area contributed by atoms with E-state index in [0.717, 1.165) is 12.1 Å². The van der Waals surface area contributed by atoms with Crippen LogP contribution in [0.15, 0.2) is 16.6 Å². The lowest BCUT2D eigenvalue weighted by Crippen LogP contribution is -2.26. The maximum Gasteiger partial charge on any atom is 0.586 e. The van der Waals surface area contributed by atoms with Crippen LogP contribution in [0.4, 0.5) is 8.78 Å². The van der Waals surface area contributed by atoms with Crippen molar-refractivity contribution in [3.63, 3.8) is 0 Å². The van der Waals surface area contributed by atoms with Crippen LogP contribution in [-0.2, 0) is 0 Å². The molecule has 0 unspecified atom stereocenters. The van der Waals surface area contributed by atoms with Crippen LogP contribution < -0.4 is 9.47 Å². The van der Waals surface area contributed by atoms with Crippen molar-refractivity contribution in [1.82, 2.24) is 0 Å². The van der Waals surface area contributed by atoms with Gasteiger partial charge in [-0.25, -0.2) is 4.79 Å². The van der Waals surface area contributed by atoms with E-state index in [-0.39, 0.29) is 21.5 Å². The van der Waals surface area contributed by atoms with Gasteiger partial charge in [-0.1, -0.05) is 0 Å². The fraction of sp³-hybridized carbons (Fsp3) is 0.125. The van der Waals surface area contributed by atoms with Gasteiger partial charge in [0.1, 0.15) is 0 Å². The molecule has 0 amide bonds. The number of halogens is 3. The first-order chi connectivity index (χ1) is 6.91. The van der Waals surface area contributed by atoms with E-state index in [2.05, 4.69) is 25.4 Å². The zero-order valence-electron chi connectivity index (χ0n) is 6.96. The van der Waals surface area contributed by atoms with Crippen LogP contribution in [0.5, 0.6) is 11.5 Å². The Hall–Kier alpha value is -1.37. The maximum absolute atomic E-state index is 12.6. The molecule has 0 fully saturated rings. The van der Waals surface area contributed by atoms with Gasteiger partial charge >= 0.3 is 12.3 Å². The predicted molar refractivity (Wildman–Crippen MR) is 47.3 cm³/mol. The molecule has 4 nitrogen and oxygen atoms in total. The number of aromatic carboxylic acids is 1. The van der Waals surface area contributed by atoms with Crippen LogP contribution in [-0.4, -0.2) is 17.4 Å². The molecule has 2 rings (SSSR count). The number of carbonyl (C=O) groups is 1. The average Bonchev–Trinajstić information content (AvgIpc) is 2.40. The molecule has 0 saturated heterocycles. The van der Waals surface area contributed by atoms with Crippen LogP contribution in [0.25, 0.3) is 0 Å². The zero-order valence-corrected chi connectivity index (χ0v) is 8.55. The molecule has 0 spiro atoms. The number of carboxylic acids is 1. The van der Waals surface area contributed by atoms with Gasteiger partial charge in [-0.3, -0.25) is 0 Å². The molecule has 7 heteroatoms. The van der Waals surface area contributed by atoms with E-state index in [1.165, 1.54) is 0 Å². The van der Waals surface area contributed by atoms with E-state index >= 15 is 0 Å². The zero-order chi connectivity index (χ0) is 11.2. The molecule has 0 radical (unpaired) electrons. The van der Waals surface area contributed by atoms with Crippen molar-refractivity contribution in [2.24, 2.45) is 0 Å². The molecule has 15 heavy (non-hydrogen) atoms. The quantitative estimate of drug-likeness (QED) is 0.859. The minimum atomic E-state index is -3.75. The Balaban J connectivity index is 2.53. The molecular weight excluding hydrogens is 278 g/mol. The smallest absolute Gasteiger partial charge is 0.478 e. The fourth-order valence-corrected chi connectivity index (χ4v) is 1.72. The first-order valence-corrected chi connectivity index (χ1v) is 4.51.